The van der Waals surface area contributed by atoms with Crippen molar-refractivity contribution in [3.63, 3.8) is 0 Å². The van der Waals surface area contributed by atoms with Crippen molar-refractivity contribution >= 4 is 5.96 Å². The van der Waals surface area contributed by atoms with Crippen LogP contribution in [-0.4, -0.2) is 22.8 Å². The van der Waals surface area contributed by atoms with Crippen molar-refractivity contribution in [1.29, 1.82) is 0 Å². The number of guanidine groups is 1. The zero-order valence-electron chi connectivity index (χ0n) is 16.4. The van der Waals surface area contributed by atoms with E-state index in [4.69, 9.17) is 4.74 Å². The van der Waals surface area contributed by atoms with Gasteiger partial charge in [0, 0.05) is 26.8 Å². The van der Waals surface area contributed by atoms with Crippen molar-refractivity contribution in [2.24, 2.45) is 12.0 Å². The number of rotatable bonds is 8. The molecule has 6 nitrogen and oxygen atoms in total. The van der Waals surface area contributed by atoms with Gasteiger partial charge >= 0.3 is 0 Å². The van der Waals surface area contributed by atoms with Gasteiger partial charge in [0.1, 0.15) is 0 Å². The van der Waals surface area contributed by atoms with Crippen molar-refractivity contribution in [3.8, 4) is 0 Å². The predicted molar refractivity (Wildman–Crippen MR) is 112 cm³/mol. The van der Waals surface area contributed by atoms with Crippen molar-refractivity contribution in [3.05, 3.63) is 89.2 Å². The van der Waals surface area contributed by atoms with Gasteiger partial charge in [0.25, 0.3) is 0 Å². The molecule has 0 radical (unpaired) electrons. The summed E-state index contributed by atoms with van der Waals surface area (Å²) in [6.45, 7) is 2.53. The number of aryl methyl sites for hydroxylation is 1. The molecule has 28 heavy (non-hydrogen) atoms. The van der Waals surface area contributed by atoms with Gasteiger partial charge in [0.15, 0.2) is 5.96 Å². The van der Waals surface area contributed by atoms with Crippen LogP contribution in [0.2, 0.25) is 0 Å². The first-order chi connectivity index (χ1) is 13.8. The molecule has 0 bridgehead atoms. The third-order valence-corrected chi connectivity index (χ3v) is 4.52. The highest BCUT2D eigenvalue weighted by atomic mass is 16.5. The summed E-state index contributed by atoms with van der Waals surface area (Å²) in [5.74, 6) is 0.751. The Morgan fingerprint density at radius 1 is 0.929 bits per heavy atom. The Kier molecular flexibility index (Phi) is 7.21. The lowest BCUT2D eigenvalue weighted by Crippen LogP contribution is -2.37. The van der Waals surface area contributed by atoms with E-state index in [1.807, 2.05) is 48.1 Å². The lowest BCUT2D eigenvalue weighted by Gasteiger charge is -2.14. The Balaban J connectivity index is 1.51. The van der Waals surface area contributed by atoms with Gasteiger partial charge in [-0.2, -0.15) is 5.10 Å². The number of nitrogens with zero attached hydrogens (tertiary/aromatic N) is 3. The summed E-state index contributed by atoms with van der Waals surface area (Å²) in [5.41, 5.74) is 4.64. The lowest BCUT2D eigenvalue weighted by molar-refractivity contribution is 0.106. The SMILES string of the molecule is CN=C(NCc1ccccc1COCc1ccccc1)NCc1ccnn1C. The average Bonchev–Trinajstić information content (AvgIpc) is 3.14. The van der Waals surface area contributed by atoms with Crippen LogP contribution in [0.25, 0.3) is 0 Å². The summed E-state index contributed by atoms with van der Waals surface area (Å²) in [6.07, 6.45) is 1.79. The molecule has 0 aliphatic rings. The maximum atomic E-state index is 5.91. The maximum Gasteiger partial charge on any atom is 0.191 e. The molecule has 3 aromatic rings. The molecule has 0 atom stereocenters. The van der Waals surface area contributed by atoms with Crippen LogP contribution >= 0.6 is 0 Å². The van der Waals surface area contributed by atoms with Crippen LogP contribution in [0.4, 0.5) is 0 Å². The lowest BCUT2D eigenvalue weighted by atomic mass is 10.1. The van der Waals surface area contributed by atoms with Gasteiger partial charge in [0.05, 0.1) is 25.5 Å². The summed E-state index contributed by atoms with van der Waals surface area (Å²) < 4.78 is 7.75. The van der Waals surface area contributed by atoms with E-state index in [-0.39, 0.29) is 0 Å². The van der Waals surface area contributed by atoms with E-state index in [1.54, 1.807) is 13.2 Å². The molecule has 2 aromatic carbocycles. The van der Waals surface area contributed by atoms with E-state index in [0.29, 0.717) is 26.3 Å². The predicted octanol–water partition coefficient (Wildman–Crippen LogP) is 3.00. The highest BCUT2D eigenvalue weighted by Crippen LogP contribution is 2.11. The standard InChI is InChI=1S/C22H27N5O/c1-23-22(25-15-21-12-13-26-27(21)2)24-14-19-10-6-7-11-20(19)17-28-16-18-8-4-3-5-9-18/h3-13H,14-17H2,1-2H3,(H2,23,24,25). The van der Waals surface area contributed by atoms with Crippen LogP contribution in [0.5, 0.6) is 0 Å². The third-order valence-electron chi connectivity index (χ3n) is 4.52. The number of hydrogen-bond acceptors (Lipinski definition) is 3. The van der Waals surface area contributed by atoms with E-state index in [1.165, 1.54) is 16.7 Å². The van der Waals surface area contributed by atoms with Gasteiger partial charge < -0.3 is 15.4 Å². The Morgan fingerprint density at radius 2 is 1.64 bits per heavy atom. The first-order valence-corrected chi connectivity index (χ1v) is 9.36. The normalized spacial score (nSPS) is 11.4. The zero-order chi connectivity index (χ0) is 19.6. The van der Waals surface area contributed by atoms with Gasteiger partial charge in [-0.3, -0.25) is 9.67 Å². The molecular weight excluding hydrogens is 350 g/mol. The Labute approximate surface area is 166 Å². The second-order valence-corrected chi connectivity index (χ2v) is 6.47. The summed E-state index contributed by atoms with van der Waals surface area (Å²) >= 11 is 0. The van der Waals surface area contributed by atoms with Crippen LogP contribution in [0.15, 0.2) is 71.9 Å². The maximum absolute atomic E-state index is 5.91. The van der Waals surface area contributed by atoms with E-state index >= 15 is 0 Å². The molecule has 0 spiro atoms. The molecule has 0 unspecified atom stereocenters. The zero-order valence-corrected chi connectivity index (χ0v) is 16.4. The molecule has 0 fully saturated rings. The van der Waals surface area contributed by atoms with Crippen LogP contribution in [0.1, 0.15) is 22.4 Å². The van der Waals surface area contributed by atoms with Crippen LogP contribution in [0, 0.1) is 0 Å². The fraction of sp³-hybridized carbons (Fsp3) is 0.273. The monoisotopic (exact) mass is 377 g/mol. The molecule has 6 heteroatoms. The Bertz CT molecular complexity index is 889. The van der Waals surface area contributed by atoms with Gasteiger partial charge in [-0.25, -0.2) is 0 Å². The average molecular weight is 377 g/mol. The molecule has 0 aliphatic carbocycles. The largest absolute Gasteiger partial charge is 0.372 e. The number of aromatic nitrogens is 2. The summed E-state index contributed by atoms with van der Waals surface area (Å²) in [4.78, 5) is 4.30. The number of aliphatic imine (C=N–C) groups is 1. The van der Waals surface area contributed by atoms with Gasteiger partial charge in [-0.05, 0) is 22.8 Å². The first-order valence-electron chi connectivity index (χ1n) is 9.36. The molecule has 0 aliphatic heterocycles. The van der Waals surface area contributed by atoms with Crippen molar-refractivity contribution in [2.75, 3.05) is 7.05 Å². The Hall–Kier alpha value is -3.12. The number of hydrogen-bond donors (Lipinski definition) is 2. The summed E-state index contributed by atoms with van der Waals surface area (Å²) in [6, 6.07) is 20.5. The molecule has 0 saturated carbocycles. The van der Waals surface area contributed by atoms with E-state index in [9.17, 15) is 0 Å². The van der Waals surface area contributed by atoms with Crippen molar-refractivity contribution < 1.29 is 4.74 Å². The summed E-state index contributed by atoms with van der Waals surface area (Å²) in [7, 11) is 3.70. The molecule has 146 valence electrons. The molecule has 1 heterocycles. The van der Waals surface area contributed by atoms with E-state index < -0.39 is 0 Å². The van der Waals surface area contributed by atoms with Crippen molar-refractivity contribution in [2.45, 2.75) is 26.3 Å². The van der Waals surface area contributed by atoms with Crippen LogP contribution in [-0.2, 0) is 38.1 Å². The summed E-state index contributed by atoms with van der Waals surface area (Å²) in [5, 5.41) is 10.9. The van der Waals surface area contributed by atoms with Gasteiger partial charge in [0.2, 0.25) is 0 Å². The smallest absolute Gasteiger partial charge is 0.191 e. The number of nitrogens with one attached hydrogen (secondary N) is 2. The number of ether oxygens (including phenoxy) is 1. The molecular formula is C22H27N5O. The minimum Gasteiger partial charge on any atom is -0.372 e. The number of benzene rings is 2. The highest BCUT2D eigenvalue weighted by Gasteiger charge is 2.05. The van der Waals surface area contributed by atoms with Gasteiger partial charge in [-0.15, -0.1) is 0 Å². The van der Waals surface area contributed by atoms with Crippen molar-refractivity contribution in [1.82, 2.24) is 20.4 Å². The minimum atomic E-state index is 0.577. The fourth-order valence-electron chi connectivity index (χ4n) is 2.87. The molecule has 2 N–H and O–H groups in total. The minimum absolute atomic E-state index is 0.577. The van der Waals surface area contributed by atoms with Gasteiger partial charge in [-0.1, -0.05) is 54.6 Å². The molecule has 0 amide bonds. The van der Waals surface area contributed by atoms with E-state index in [2.05, 4.69) is 45.0 Å². The highest BCUT2D eigenvalue weighted by molar-refractivity contribution is 5.79. The Morgan fingerprint density at radius 3 is 2.36 bits per heavy atom. The molecule has 3 rings (SSSR count). The second kappa shape index (κ2) is 10.3. The third kappa shape index (κ3) is 5.69. The first kappa shape index (κ1) is 19.6. The van der Waals surface area contributed by atoms with Crippen LogP contribution in [0.3, 0.4) is 0 Å². The quantitative estimate of drug-likeness (QED) is 0.468. The molecule has 0 saturated heterocycles. The molecule has 1 aromatic heterocycles. The topological polar surface area (TPSA) is 63.5 Å². The van der Waals surface area contributed by atoms with Crippen LogP contribution < -0.4 is 10.6 Å². The van der Waals surface area contributed by atoms with E-state index in [0.717, 1.165) is 11.7 Å². The fourth-order valence-corrected chi connectivity index (χ4v) is 2.87. The second-order valence-electron chi connectivity index (χ2n) is 6.47.